The van der Waals surface area contributed by atoms with Gasteiger partial charge in [-0.3, -0.25) is 10.1 Å². The Morgan fingerprint density at radius 3 is 2.69 bits per heavy atom. The summed E-state index contributed by atoms with van der Waals surface area (Å²) >= 11 is 3.33. The summed E-state index contributed by atoms with van der Waals surface area (Å²) in [6.45, 7) is 0. The predicted octanol–water partition coefficient (Wildman–Crippen LogP) is 3.71. The van der Waals surface area contributed by atoms with Crippen LogP contribution in [0, 0.1) is 10.1 Å². The van der Waals surface area contributed by atoms with Gasteiger partial charge in [0.25, 0.3) is 5.69 Å². The van der Waals surface area contributed by atoms with Crippen LogP contribution in [0.25, 0.3) is 0 Å². The molecule has 0 bridgehead atoms. The van der Waals surface area contributed by atoms with Gasteiger partial charge in [0.15, 0.2) is 0 Å². The van der Waals surface area contributed by atoms with Crippen LogP contribution >= 0.6 is 15.9 Å². The number of anilines is 1. The molecule has 0 atom stereocenters. The number of halogens is 1. The van der Waals surface area contributed by atoms with E-state index in [9.17, 15) is 10.1 Å². The fourth-order valence-corrected chi connectivity index (χ4v) is 2.43. The molecule has 0 heterocycles. The van der Waals surface area contributed by atoms with Gasteiger partial charge in [-0.15, -0.1) is 0 Å². The van der Waals surface area contributed by atoms with Crippen LogP contribution < -0.4 is 5.32 Å². The molecule has 0 amide bonds. The summed E-state index contributed by atoms with van der Waals surface area (Å²) in [5, 5.41) is 14.1. The number of rotatable bonds is 3. The Hall–Kier alpha value is -1.10. The summed E-state index contributed by atoms with van der Waals surface area (Å²) in [6, 6.07) is 5.38. The largest absolute Gasteiger partial charge is 0.377 e. The van der Waals surface area contributed by atoms with Gasteiger partial charge in [0.05, 0.1) is 4.92 Å². The zero-order chi connectivity index (χ0) is 11.5. The first-order valence-electron chi connectivity index (χ1n) is 5.37. The minimum absolute atomic E-state index is 0.148. The van der Waals surface area contributed by atoms with Crippen molar-refractivity contribution in [3.63, 3.8) is 0 Å². The molecule has 1 aromatic carbocycles. The highest BCUT2D eigenvalue weighted by molar-refractivity contribution is 9.10. The SMILES string of the molecule is O=[N+]([O-])c1ccc(Br)cc1NC1CCCC1. The molecule has 0 saturated heterocycles. The lowest BCUT2D eigenvalue weighted by Crippen LogP contribution is -2.15. The second-order valence-electron chi connectivity index (χ2n) is 4.04. The van der Waals surface area contributed by atoms with Crippen molar-refractivity contribution < 1.29 is 4.92 Å². The molecular formula is C11H13BrN2O2. The van der Waals surface area contributed by atoms with Gasteiger partial charge in [-0.1, -0.05) is 28.8 Å². The minimum atomic E-state index is -0.344. The molecule has 2 rings (SSSR count). The third kappa shape index (κ3) is 2.52. The smallest absolute Gasteiger partial charge is 0.292 e. The number of benzene rings is 1. The highest BCUT2D eigenvalue weighted by Crippen LogP contribution is 2.31. The first kappa shape index (κ1) is 11.4. The molecule has 0 aliphatic heterocycles. The summed E-state index contributed by atoms with van der Waals surface area (Å²) in [7, 11) is 0. The Bertz CT molecular complexity index is 403. The molecular weight excluding hydrogens is 272 g/mol. The summed E-state index contributed by atoms with van der Waals surface area (Å²) in [5.41, 5.74) is 0.765. The maximum absolute atomic E-state index is 10.9. The van der Waals surface area contributed by atoms with Crippen molar-refractivity contribution in [1.29, 1.82) is 0 Å². The van der Waals surface area contributed by atoms with Crippen molar-refractivity contribution in [2.45, 2.75) is 31.7 Å². The zero-order valence-corrected chi connectivity index (χ0v) is 10.4. The van der Waals surface area contributed by atoms with Crippen molar-refractivity contribution in [1.82, 2.24) is 0 Å². The van der Waals surface area contributed by atoms with Crippen LogP contribution in [-0.4, -0.2) is 11.0 Å². The van der Waals surface area contributed by atoms with Crippen LogP contribution in [-0.2, 0) is 0 Å². The first-order chi connectivity index (χ1) is 7.66. The van der Waals surface area contributed by atoms with Gasteiger partial charge >= 0.3 is 0 Å². The van der Waals surface area contributed by atoms with E-state index in [0.717, 1.165) is 17.3 Å². The van der Waals surface area contributed by atoms with Crippen LogP contribution in [0.3, 0.4) is 0 Å². The monoisotopic (exact) mass is 284 g/mol. The molecule has 16 heavy (non-hydrogen) atoms. The summed E-state index contributed by atoms with van der Waals surface area (Å²) in [6.07, 6.45) is 4.62. The van der Waals surface area contributed by atoms with Crippen molar-refractivity contribution >= 4 is 27.3 Å². The maximum Gasteiger partial charge on any atom is 0.292 e. The number of nitrogens with zero attached hydrogens (tertiary/aromatic N) is 1. The third-order valence-corrected chi connectivity index (χ3v) is 3.36. The molecule has 1 aliphatic carbocycles. The molecule has 1 N–H and O–H groups in total. The lowest BCUT2D eigenvalue weighted by molar-refractivity contribution is -0.384. The molecule has 0 radical (unpaired) electrons. The molecule has 0 spiro atoms. The second kappa shape index (κ2) is 4.82. The Balaban J connectivity index is 2.22. The molecule has 1 fully saturated rings. The molecule has 4 nitrogen and oxygen atoms in total. The quantitative estimate of drug-likeness (QED) is 0.680. The van der Waals surface area contributed by atoms with Gasteiger partial charge in [0, 0.05) is 16.6 Å². The van der Waals surface area contributed by atoms with Crippen LogP contribution in [0.5, 0.6) is 0 Å². The second-order valence-corrected chi connectivity index (χ2v) is 4.96. The molecule has 5 heteroatoms. The first-order valence-corrected chi connectivity index (χ1v) is 6.16. The van der Waals surface area contributed by atoms with E-state index in [1.807, 2.05) is 0 Å². The predicted molar refractivity (Wildman–Crippen MR) is 66.7 cm³/mol. The lowest BCUT2D eigenvalue weighted by Gasteiger charge is -2.13. The average Bonchev–Trinajstić information content (AvgIpc) is 2.70. The van der Waals surface area contributed by atoms with Crippen LogP contribution in [0.15, 0.2) is 22.7 Å². The molecule has 1 aliphatic rings. The Kier molecular flexibility index (Phi) is 3.43. The van der Waals surface area contributed by atoms with Crippen LogP contribution in [0.1, 0.15) is 25.7 Å². The van der Waals surface area contributed by atoms with E-state index in [1.54, 1.807) is 12.1 Å². The van der Waals surface area contributed by atoms with Gasteiger partial charge in [-0.2, -0.15) is 0 Å². The average molecular weight is 285 g/mol. The summed E-state index contributed by atoms with van der Waals surface area (Å²) in [4.78, 5) is 10.5. The van der Waals surface area contributed by atoms with E-state index in [1.165, 1.54) is 18.9 Å². The third-order valence-electron chi connectivity index (χ3n) is 2.87. The minimum Gasteiger partial charge on any atom is -0.377 e. The number of nitrogens with one attached hydrogen (secondary N) is 1. The highest BCUT2D eigenvalue weighted by Gasteiger charge is 2.19. The fourth-order valence-electron chi connectivity index (χ4n) is 2.07. The van der Waals surface area contributed by atoms with Crippen molar-refractivity contribution in [2.75, 3.05) is 5.32 Å². The van der Waals surface area contributed by atoms with E-state index in [4.69, 9.17) is 0 Å². The Morgan fingerprint density at radius 1 is 1.38 bits per heavy atom. The Morgan fingerprint density at radius 2 is 2.06 bits per heavy atom. The highest BCUT2D eigenvalue weighted by atomic mass is 79.9. The van der Waals surface area contributed by atoms with Gasteiger partial charge in [0.1, 0.15) is 5.69 Å². The number of nitro benzene ring substituents is 1. The van der Waals surface area contributed by atoms with Gasteiger partial charge < -0.3 is 5.32 Å². The number of hydrogen-bond donors (Lipinski definition) is 1. The summed E-state index contributed by atoms with van der Waals surface area (Å²) < 4.78 is 0.860. The fraction of sp³-hybridized carbons (Fsp3) is 0.455. The van der Waals surface area contributed by atoms with E-state index >= 15 is 0 Å². The van der Waals surface area contributed by atoms with Gasteiger partial charge in [0.2, 0.25) is 0 Å². The van der Waals surface area contributed by atoms with E-state index in [0.29, 0.717) is 11.7 Å². The van der Waals surface area contributed by atoms with E-state index in [-0.39, 0.29) is 10.6 Å². The zero-order valence-electron chi connectivity index (χ0n) is 8.78. The summed E-state index contributed by atoms with van der Waals surface area (Å²) in [5.74, 6) is 0. The normalized spacial score (nSPS) is 16.3. The van der Waals surface area contributed by atoms with Crippen LogP contribution in [0.2, 0.25) is 0 Å². The van der Waals surface area contributed by atoms with Gasteiger partial charge in [-0.05, 0) is 25.0 Å². The molecule has 1 saturated carbocycles. The van der Waals surface area contributed by atoms with E-state index in [2.05, 4.69) is 21.2 Å². The van der Waals surface area contributed by atoms with Crippen molar-refractivity contribution in [3.8, 4) is 0 Å². The van der Waals surface area contributed by atoms with Crippen molar-refractivity contribution in [3.05, 3.63) is 32.8 Å². The topological polar surface area (TPSA) is 55.2 Å². The van der Waals surface area contributed by atoms with Crippen LogP contribution in [0.4, 0.5) is 11.4 Å². The number of nitro groups is 1. The Labute approximate surface area is 102 Å². The standard InChI is InChI=1S/C11H13BrN2O2/c12-8-5-6-11(14(15)16)10(7-8)13-9-3-1-2-4-9/h5-7,9,13H,1-4H2. The lowest BCUT2D eigenvalue weighted by atomic mass is 10.2. The van der Waals surface area contributed by atoms with Gasteiger partial charge in [-0.25, -0.2) is 0 Å². The molecule has 1 aromatic rings. The molecule has 0 aromatic heterocycles. The molecule has 86 valence electrons. The van der Waals surface area contributed by atoms with E-state index < -0.39 is 0 Å². The maximum atomic E-state index is 10.9. The number of hydrogen-bond acceptors (Lipinski definition) is 3. The molecule has 0 unspecified atom stereocenters. The van der Waals surface area contributed by atoms with Crippen molar-refractivity contribution in [2.24, 2.45) is 0 Å².